The maximum atomic E-state index is 12.7. The van der Waals surface area contributed by atoms with Gasteiger partial charge in [-0.1, -0.05) is 189 Å². The number of esters is 1. The highest BCUT2D eigenvalue weighted by Crippen LogP contribution is 2.19. The first-order valence-corrected chi connectivity index (χ1v) is 26.8. The van der Waals surface area contributed by atoms with Crippen molar-refractivity contribution in [3.05, 3.63) is 26.0 Å². The van der Waals surface area contributed by atoms with Crippen LogP contribution in [0.1, 0.15) is 272 Å². The highest BCUT2D eigenvalue weighted by atomic mass is 16.5. The SMILES string of the molecule is CC.CCCCCCCCC(C)OC=O.CCCCCCCCC(CCCCCCCC)OC(=O)CCCCCCCN(CCCCCCCC)CCCNc1c(C)c(=O)c1=O. The maximum Gasteiger partial charge on any atom is 0.306 e. The van der Waals surface area contributed by atoms with Gasteiger partial charge in [-0.2, -0.15) is 0 Å². The number of ether oxygens (including phenoxy) is 2. The van der Waals surface area contributed by atoms with Crippen LogP contribution in [-0.4, -0.2) is 55.7 Å². The summed E-state index contributed by atoms with van der Waals surface area (Å²) in [7, 11) is 0. The summed E-state index contributed by atoms with van der Waals surface area (Å²) >= 11 is 0. The highest BCUT2D eigenvalue weighted by molar-refractivity contribution is 5.69. The molecule has 366 valence electrons. The third-order valence-electron chi connectivity index (χ3n) is 12.1. The summed E-state index contributed by atoms with van der Waals surface area (Å²) in [5.41, 5.74) is 0.395. The Hall–Kier alpha value is -2.22. The van der Waals surface area contributed by atoms with Gasteiger partial charge in [0.2, 0.25) is 10.9 Å². The Labute approximate surface area is 384 Å². The van der Waals surface area contributed by atoms with Crippen LogP contribution in [0.4, 0.5) is 5.69 Å². The van der Waals surface area contributed by atoms with Crippen LogP contribution in [0.3, 0.4) is 0 Å². The molecule has 0 fully saturated rings. The minimum Gasteiger partial charge on any atom is -0.465 e. The lowest BCUT2D eigenvalue weighted by Gasteiger charge is -2.23. The lowest BCUT2D eigenvalue weighted by atomic mass is 10.0. The van der Waals surface area contributed by atoms with Crippen molar-refractivity contribution >= 4 is 18.1 Å². The molecule has 1 aromatic rings. The molecule has 1 aromatic carbocycles. The van der Waals surface area contributed by atoms with Gasteiger partial charge in [-0.3, -0.25) is 19.2 Å². The Balaban J connectivity index is 0. The standard InChI is InChI=1S/C41H76N2O4.C11H22O2.C2H6/c1-5-8-11-14-18-23-29-37(30-24-19-15-12-9-6-2)47-38(44)31-25-20-17-22-27-34-43(33-26-21-16-13-10-7-3)35-28-32-42-39-36(4)40(45)41(39)46;1-3-4-5-6-7-8-9-11(2)13-10-12;1-2/h37,42H,5-35H2,1-4H3;10-11H,3-9H2,1-2H3;1-2H3. The number of hydrogen-bond acceptors (Lipinski definition) is 8. The van der Waals surface area contributed by atoms with Crippen LogP contribution in [0.2, 0.25) is 0 Å². The second-order valence-electron chi connectivity index (χ2n) is 17.9. The van der Waals surface area contributed by atoms with Crippen LogP contribution >= 0.6 is 0 Å². The van der Waals surface area contributed by atoms with E-state index in [1.54, 1.807) is 6.92 Å². The van der Waals surface area contributed by atoms with E-state index < -0.39 is 0 Å². The van der Waals surface area contributed by atoms with E-state index in [1.807, 2.05) is 20.8 Å². The molecule has 0 saturated heterocycles. The summed E-state index contributed by atoms with van der Waals surface area (Å²) in [6, 6.07) is 0. The van der Waals surface area contributed by atoms with Gasteiger partial charge >= 0.3 is 5.97 Å². The first-order chi connectivity index (χ1) is 30.2. The molecule has 8 heteroatoms. The molecule has 1 N–H and O–H groups in total. The summed E-state index contributed by atoms with van der Waals surface area (Å²) in [6.07, 6.45) is 41.4. The topological polar surface area (TPSA) is 102 Å². The number of carbonyl (C=O) groups is 2. The van der Waals surface area contributed by atoms with Crippen LogP contribution in [-0.2, 0) is 19.1 Å². The van der Waals surface area contributed by atoms with Gasteiger partial charge in [-0.15, -0.1) is 0 Å². The summed E-state index contributed by atoms with van der Waals surface area (Å²) in [4.78, 5) is 48.5. The summed E-state index contributed by atoms with van der Waals surface area (Å²) < 4.78 is 10.8. The van der Waals surface area contributed by atoms with Gasteiger partial charge in [-0.05, 0) is 97.7 Å². The Morgan fingerprint density at radius 2 is 0.935 bits per heavy atom. The fourth-order valence-corrected chi connectivity index (χ4v) is 8.01. The van der Waals surface area contributed by atoms with Crippen molar-refractivity contribution in [3.63, 3.8) is 0 Å². The highest BCUT2D eigenvalue weighted by Gasteiger charge is 2.16. The van der Waals surface area contributed by atoms with Crippen LogP contribution in [0.25, 0.3) is 0 Å². The average Bonchev–Trinajstić information content (AvgIpc) is 3.28. The van der Waals surface area contributed by atoms with Crippen LogP contribution in [0.15, 0.2) is 9.59 Å². The van der Waals surface area contributed by atoms with Crippen LogP contribution < -0.4 is 16.2 Å². The minimum absolute atomic E-state index is 0.0182. The van der Waals surface area contributed by atoms with Crippen molar-refractivity contribution in [1.29, 1.82) is 0 Å². The lowest BCUT2D eigenvalue weighted by molar-refractivity contribution is -0.150. The zero-order valence-corrected chi connectivity index (χ0v) is 42.5. The quantitative estimate of drug-likeness (QED) is 0.0299. The van der Waals surface area contributed by atoms with Gasteiger partial charge in [0, 0.05) is 18.5 Å². The van der Waals surface area contributed by atoms with Crippen LogP contribution in [0, 0.1) is 6.92 Å². The second kappa shape index (κ2) is 48.2. The maximum absolute atomic E-state index is 12.7. The summed E-state index contributed by atoms with van der Waals surface area (Å²) in [5, 5.41) is 3.19. The van der Waals surface area contributed by atoms with Gasteiger partial charge in [0.25, 0.3) is 6.47 Å². The largest absolute Gasteiger partial charge is 0.465 e. The molecule has 0 heterocycles. The molecule has 0 amide bonds. The zero-order chi connectivity index (χ0) is 46.3. The zero-order valence-electron chi connectivity index (χ0n) is 42.5. The number of hydrogen-bond donors (Lipinski definition) is 1. The number of carbonyl (C=O) groups excluding carboxylic acids is 2. The molecule has 0 aromatic heterocycles. The fourth-order valence-electron chi connectivity index (χ4n) is 8.01. The van der Waals surface area contributed by atoms with Crippen molar-refractivity contribution in [1.82, 2.24) is 4.90 Å². The Morgan fingerprint density at radius 3 is 1.37 bits per heavy atom. The molecule has 8 nitrogen and oxygen atoms in total. The molecule has 1 rings (SSSR count). The third kappa shape index (κ3) is 38.3. The molecular formula is C54H104N2O6. The third-order valence-corrected chi connectivity index (χ3v) is 12.1. The van der Waals surface area contributed by atoms with E-state index in [2.05, 4.69) is 37.9 Å². The molecule has 0 radical (unpaired) electrons. The average molecular weight is 877 g/mol. The first-order valence-electron chi connectivity index (χ1n) is 26.8. The van der Waals surface area contributed by atoms with E-state index in [-0.39, 0.29) is 29.0 Å². The second-order valence-corrected chi connectivity index (χ2v) is 17.9. The smallest absolute Gasteiger partial charge is 0.306 e. The molecule has 1 atom stereocenters. The van der Waals surface area contributed by atoms with Crippen LogP contribution in [0.5, 0.6) is 0 Å². The molecule has 0 aliphatic carbocycles. The monoisotopic (exact) mass is 877 g/mol. The molecule has 0 aliphatic heterocycles. The van der Waals surface area contributed by atoms with E-state index in [0.717, 1.165) is 64.7 Å². The van der Waals surface area contributed by atoms with E-state index in [0.29, 0.717) is 24.1 Å². The van der Waals surface area contributed by atoms with Crippen molar-refractivity contribution < 1.29 is 19.1 Å². The predicted octanol–water partition coefficient (Wildman–Crippen LogP) is 15.1. The van der Waals surface area contributed by atoms with Gasteiger partial charge in [-0.25, -0.2) is 0 Å². The van der Waals surface area contributed by atoms with Crippen molar-refractivity contribution in [2.24, 2.45) is 0 Å². The number of anilines is 1. The van der Waals surface area contributed by atoms with Crippen molar-refractivity contribution in [3.8, 4) is 0 Å². The number of nitrogens with one attached hydrogen (secondary N) is 1. The molecule has 0 aliphatic rings. The fraction of sp³-hybridized carbons (Fsp3) is 0.889. The first kappa shape index (κ1) is 61.9. The molecule has 0 bridgehead atoms. The molecule has 0 saturated carbocycles. The van der Waals surface area contributed by atoms with E-state index in [4.69, 9.17) is 9.47 Å². The van der Waals surface area contributed by atoms with E-state index in [9.17, 15) is 19.2 Å². The summed E-state index contributed by atoms with van der Waals surface area (Å²) in [5.74, 6) is 0.0182. The summed E-state index contributed by atoms with van der Waals surface area (Å²) in [6.45, 7) is 21.2. The Morgan fingerprint density at radius 1 is 0.548 bits per heavy atom. The van der Waals surface area contributed by atoms with Gasteiger partial charge in [0.1, 0.15) is 6.10 Å². The molecule has 1 unspecified atom stereocenters. The number of unbranched alkanes of at least 4 members (excludes halogenated alkanes) is 24. The molecule has 62 heavy (non-hydrogen) atoms. The number of nitrogens with zero attached hydrogens (tertiary/aromatic N) is 1. The normalized spacial score (nSPS) is 11.6. The molecular weight excluding hydrogens is 773 g/mol. The van der Waals surface area contributed by atoms with Crippen molar-refractivity contribution in [2.75, 3.05) is 31.5 Å². The molecule has 0 spiro atoms. The van der Waals surface area contributed by atoms with Gasteiger partial charge in [0.15, 0.2) is 0 Å². The van der Waals surface area contributed by atoms with Crippen molar-refractivity contribution in [2.45, 2.75) is 286 Å². The minimum atomic E-state index is -0.360. The van der Waals surface area contributed by atoms with Gasteiger partial charge < -0.3 is 19.7 Å². The lowest BCUT2D eigenvalue weighted by Crippen LogP contribution is -2.37. The Bertz CT molecular complexity index is 1150. The van der Waals surface area contributed by atoms with Gasteiger partial charge in [0.05, 0.1) is 11.8 Å². The van der Waals surface area contributed by atoms with E-state index in [1.165, 1.54) is 173 Å². The predicted molar refractivity (Wildman–Crippen MR) is 269 cm³/mol. The number of rotatable bonds is 44. The Kier molecular flexibility index (Phi) is 48.1. The van der Waals surface area contributed by atoms with E-state index >= 15 is 0 Å².